The number of hydrogen-bond acceptors (Lipinski definition) is 2. The number of hydrogen-bond donors (Lipinski definition) is 0. The first-order valence-electron chi connectivity index (χ1n) is 7.97. The molecule has 0 aliphatic carbocycles. The van der Waals surface area contributed by atoms with E-state index in [2.05, 4.69) is 18.1 Å². The van der Waals surface area contributed by atoms with E-state index in [0.717, 1.165) is 11.3 Å². The van der Waals surface area contributed by atoms with Gasteiger partial charge in [0.25, 0.3) is 0 Å². The first-order valence-corrected chi connectivity index (χ1v) is 5.97. The number of pyridine rings is 1. The molecule has 1 aromatic heterocycles. The molecule has 94 valence electrons. The smallest absolute Gasteiger partial charge is 0.128 e. The van der Waals surface area contributed by atoms with Crippen LogP contribution in [0.1, 0.15) is 22.7 Å². The summed E-state index contributed by atoms with van der Waals surface area (Å²) in [5.41, 5.74) is 1.57. The Balaban J connectivity index is 2.12. The standard InChI is InChI=1S/C17H15NO/c1-3-15-17(12(2)14-9-6-7-11-18-14)13-8-4-5-10-16(13)19-15/h3-11,15,17H,1-2H2/i6D,7D,9D,11D. The lowest BCUT2D eigenvalue weighted by atomic mass is 9.87. The van der Waals surface area contributed by atoms with Crippen molar-refractivity contribution in [3.8, 4) is 5.75 Å². The molecule has 0 saturated heterocycles. The van der Waals surface area contributed by atoms with Crippen molar-refractivity contribution in [2.75, 3.05) is 0 Å². The molecule has 0 bridgehead atoms. The number of para-hydroxylation sites is 1. The Morgan fingerprint density at radius 2 is 2.21 bits per heavy atom. The number of nitrogens with zero attached hydrogens (tertiary/aromatic N) is 1. The fraction of sp³-hybridized carbons (Fsp3) is 0.118. The highest BCUT2D eigenvalue weighted by Gasteiger charge is 2.34. The maximum absolute atomic E-state index is 8.05. The van der Waals surface area contributed by atoms with Gasteiger partial charge in [0.1, 0.15) is 11.9 Å². The van der Waals surface area contributed by atoms with Crippen molar-refractivity contribution >= 4 is 5.57 Å². The van der Waals surface area contributed by atoms with Gasteiger partial charge >= 0.3 is 0 Å². The normalized spacial score (nSPS) is 23.4. The van der Waals surface area contributed by atoms with Gasteiger partial charge in [-0.2, -0.15) is 0 Å². The first-order chi connectivity index (χ1) is 11.0. The molecule has 0 N–H and O–H groups in total. The Kier molecular flexibility index (Phi) is 1.98. The van der Waals surface area contributed by atoms with Gasteiger partial charge in [0, 0.05) is 11.7 Å². The number of rotatable bonds is 3. The van der Waals surface area contributed by atoms with Gasteiger partial charge in [-0.05, 0) is 23.7 Å². The van der Waals surface area contributed by atoms with Crippen molar-refractivity contribution in [2.45, 2.75) is 12.0 Å². The van der Waals surface area contributed by atoms with Gasteiger partial charge in [0.05, 0.1) is 17.1 Å². The molecule has 2 aromatic rings. The minimum atomic E-state index is -0.352. The Labute approximate surface area is 118 Å². The Morgan fingerprint density at radius 3 is 3.05 bits per heavy atom. The van der Waals surface area contributed by atoms with Gasteiger partial charge in [0.15, 0.2) is 0 Å². The van der Waals surface area contributed by atoms with Crippen molar-refractivity contribution in [3.05, 3.63) is 79.1 Å². The third kappa shape index (κ3) is 1.95. The lowest BCUT2D eigenvalue weighted by Crippen LogP contribution is -2.16. The van der Waals surface area contributed by atoms with Gasteiger partial charge in [-0.1, -0.05) is 43.5 Å². The van der Waals surface area contributed by atoms with Crippen LogP contribution in [0.5, 0.6) is 5.75 Å². The lowest BCUT2D eigenvalue weighted by Gasteiger charge is -2.18. The summed E-state index contributed by atoms with van der Waals surface area (Å²) in [6, 6.07) is 6.67. The van der Waals surface area contributed by atoms with Crippen molar-refractivity contribution < 1.29 is 10.2 Å². The molecular formula is C17H15NO. The largest absolute Gasteiger partial charge is 0.485 e. The van der Waals surface area contributed by atoms with Gasteiger partial charge in [-0.3, -0.25) is 4.98 Å². The second-order valence-electron chi connectivity index (χ2n) is 4.31. The van der Waals surface area contributed by atoms with E-state index < -0.39 is 0 Å². The zero-order valence-corrected chi connectivity index (χ0v) is 10.3. The van der Waals surface area contributed by atoms with Gasteiger partial charge in [0.2, 0.25) is 0 Å². The minimum Gasteiger partial charge on any atom is -0.485 e. The molecule has 0 spiro atoms. The molecule has 2 nitrogen and oxygen atoms in total. The quantitative estimate of drug-likeness (QED) is 0.776. The van der Waals surface area contributed by atoms with Gasteiger partial charge in [-0.25, -0.2) is 0 Å². The molecule has 0 saturated carbocycles. The van der Waals surface area contributed by atoms with E-state index in [1.165, 1.54) is 0 Å². The number of benzene rings is 1. The Hall–Kier alpha value is -2.35. The average molecular weight is 253 g/mol. The molecule has 2 heterocycles. The lowest BCUT2D eigenvalue weighted by molar-refractivity contribution is 0.273. The van der Waals surface area contributed by atoms with Crippen LogP contribution in [0.25, 0.3) is 5.57 Å². The van der Waals surface area contributed by atoms with E-state index in [1.54, 1.807) is 6.08 Å². The topological polar surface area (TPSA) is 22.1 Å². The zero-order chi connectivity index (χ0) is 16.7. The summed E-state index contributed by atoms with van der Waals surface area (Å²) in [7, 11) is 0. The predicted molar refractivity (Wildman–Crippen MR) is 77.1 cm³/mol. The van der Waals surface area contributed by atoms with Crippen LogP contribution in [0.2, 0.25) is 0 Å². The van der Waals surface area contributed by atoms with E-state index in [1.807, 2.05) is 24.3 Å². The maximum Gasteiger partial charge on any atom is 0.128 e. The molecule has 1 aromatic carbocycles. The van der Waals surface area contributed by atoms with Crippen LogP contribution in [0.15, 0.2) is 67.8 Å². The fourth-order valence-electron chi connectivity index (χ4n) is 2.34. The molecular weight excluding hydrogens is 234 g/mol. The highest BCUT2D eigenvalue weighted by atomic mass is 16.5. The molecule has 2 atom stereocenters. The summed E-state index contributed by atoms with van der Waals surface area (Å²) in [4.78, 5) is 4.00. The number of aromatic nitrogens is 1. The van der Waals surface area contributed by atoms with Crippen LogP contribution >= 0.6 is 0 Å². The molecule has 2 unspecified atom stereocenters. The number of fused-ring (bicyclic) bond motifs is 1. The van der Waals surface area contributed by atoms with E-state index in [-0.39, 0.29) is 42.0 Å². The minimum absolute atomic E-state index is 0.160. The summed E-state index contributed by atoms with van der Waals surface area (Å²) >= 11 is 0. The predicted octanol–water partition coefficient (Wildman–Crippen LogP) is 3.83. The Bertz CT molecular complexity index is 818. The van der Waals surface area contributed by atoms with Gasteiger partial charge < -0.3 is 4.74 Å². The first kappa shape index (κ1) is 7.95. The van der Waals surface area contributed by atoms with Crippen LogP contribution < -0.4 is 4.74 Å². The van der Waals surface area contributed by atoms with Crippen LogP contribution in [-0.4, -0.2) is 11.1 Å². The van der Waals surface area contributed by atoms with Crippen molar-refractivity contribution in [2.24, 2.45) is 0 Å². The van der Waals surface area contributed by atoms with Crippen LogP contribution in [0.4, 0.5) is 0 Å². The number of ether oxygens (including phenoxy) is 1. The van der Waals surface area contributed by atoms with Gasteiger partial charge in [-0.15, -0.1) is 0 Å². The maximum atomic E-state index is 8.05. The molecule has 19 heavy (non-hydrogen) atoms. The van der Waals surface area contributed by atoms with E-state index in [4.69, 9.17) is 10.2 Å². The summed E-state index contributed by atoms with van der Waals surface area (Å²) in [5, 5.41) is 0. The van der Waals surface area contributed by atoms with E-state index in [0.29, 0.717) is 5.57 Å². The molecule has 0 amide bonds. The monoisotopic (exact) mass is 253 g/mol. The molecule has 1 aliphatic heterocycles. The summed E-state index contributed by atoms with van der Waals surface area (Å²) in [6.45, 7) is 7.82. The van der Waals surface area contributed by atoms with Crippen LogP contribution in [0.3, 0.4) is 0 Å². The van der Waals surface area contributed by atoms with Crippen molar-refractivity contribution in [1.29, 1.82) is 0 Å². The summed E-state index contributed by atoms with van der Waals surface area (Å²) in [6.07, 6.45) is 0.992. The fourth-order valence-corrected chi connectivity index (χ4v) is 2.34. The van der Waals surface area contributed by atoms with Crippen molar-refractivity contribution in [3.63, 3.8) is 0 Å². The second-order valence-corrected chi connectivity index (χ2v) is 4.31. The summed E-state index contributed by atoms with van der Waals surface area (Å²) < 4.78 is 37.0. The molecule has 0 fully saturated rings. The second kappa shape index (κ2) is 4.73. The third-order valence-electron chi connectivity index (χ3n) is 3.22. The highest BCUT2D eigenvalue weighted by Crippen LogP contribution is 2.44. The summed E-state index contributed by atoms with van der Waals surface area (Å²) in [5.74, 6) is 0.445. The molecule has 1 aliphatic rings. The molecule has 3 rings (SSSR count). The molecule has 2 heteroatoms. The third-order valence-corrected chi connectivity index (χ3v) is 3.22. The Morgan fingerprint density at radius 1 is 1.37 bits per heavy atom. The average Bonchev–Trinajstić information content (AvgIpc) is 2.94. The highest BCUT2D eigenvalue weighted by molar-refractivity contribution is 5.71. The van der Waals surface area contributed by atoms with E-state index in [9.17, 15) is 0 Å². The zero-order valence-electron chi connectivity index (χ0n) is 14.3. The van der Waals surface area contributed by atoms with E-state index >= 15 is 0 Å². The van der Waals surface area contributed by atoms with Crippen molar-refractivity contribution in [1.82, 2.24) is 4.98 Å². The SMILES string of the molecule is [2H]c1nc(C(=C)C2c3ccccc3OC2C=C)c([2H])c([2H])c1[2H]. The molecule has 0 radical (unpaired) electrons. The van der Waals surface area contributed by atoms with Crippen LogP contribution in [-0.2, 0) is 0 Å². The van der Waals surface area contributed by atoms with Crippen LogP contribution in [0, 0.1) is 0 Å².